The maximum atomic E-state index is 10.9. The molecule has 0 aliphatic carbocycles. The van der Waals surface area contributed by atoms with E-state index in [1.807, 2.05) is 20.8 Å². The number of hydrogen-bond acceptors (Lipinski definition) is 1. The number of carbonyl (C=O) groups is 1. The molecule has 0 aromatic rings. The summed E-state index contributed by atoms with van der Waals surface area (Å²) in [4.78, 5) is 10.9. The Morgan fingerprint density at radius 3 is 2.40 bits per heavy atom. The third-order valence-corrected chi connectivity index (χ3v) is 0.912. The molecule has 0 aromatic carbocycles. The minimum Gasteiger partial charge on any atom is -0.354 e. The molecule has 1 N–H and O–H groups in total. The van der Waals surface area contributed by atoms with Crippen molar-refractivity contribution in [2.24, 2.45) is 0 Å². The summed E-state index contributed by atoms with van der Waals surface area (Å²) in [5.74, 6) is 0.0579. The highest BCUT2D eigenvalue weighted by Gasteiger charge is 2.01. The lowest BCUT2D eigenvalue weighted by atomic mass is 10.2. The van der Waals surface area contributed by atoms with Gasteiger partial charge in [-0.3, -0.25) is 4.79 Å². The molecule has 0 heterocycles. The van der Waals surface area contributed by atoms with Gasteiger partial charge in [0.05, 0.1) is 0 Å². The zero-order valence-corrected chi connectivity index (χ0v) is 6.90. The first-order valence-electron chi connectivity index (χ1n) is 3.46. The standard InChI is InChI=1S/C8H15NO/c1-6(2)5-8(10)9-7(3)4/h7H,1,5H2,2-4H3,(H,9,10). The highest BCUT2D eigenvalue weighted by molar-refractivity contribution is 5.78. The molecule has 10 heavy (non-hydrogen) atoms. The lowest BCUT2D eigenvalue weighted by Gasteiger charge is -2.06. The van der Waals surface area contributed by atoms with E-state index in [2.05, 4.69) is 11.9 Å². The van der Waals surface area contributed by atoms with Gasteiger partial charge in [-0.25, -0.2) is 0 Å². The normalized spacial score (nSPS) is 9.60. The maximum absolute atomic E-state index is 10.9. The molecule has 1 amide bonds. The van der Waals surface area contributed by atoms with E-state index in [4.69, 9.17) is 0 Å². The van der Waals surface area contributed by atoms with Crippen LogP contribution in [0.5, 0.6) is 0 Å². The summed E-state index contributed by atoms with van der Waals surface area (Å²) in [5.41, 5.74) is 0.901. The second-order valence-corrected chi connectivity index (χ2v) is 2.86. The predicted molar refractivity (Wildman–Crippen MR) is 42.7 cm³/mol. The van der Waals surface area contributed by atoms with Gasteiger partial charge in [0.25, 0.3) is 0 Å². The molecule has 2 nitrogen and oxygen atoms in total. The van der Waals surface area contributed by atoms with Crippen LogP contribution in [0.15, 0.2) is 12.2 Å². The fourth-order valence-corrected chi connectivity index (χ4v) is 0.647. The Hall–Kier alpha value is -0.790. The van der Waals surface area contributed by atoms with E-state index in [0.29, 0.717) is 6.42 Å². The second kappa shape index (κ2) is 4.09. The molecule has 0 radical (unpaired) electrons. The zero-order chi connectivity index (χ0) is 8.15. The molecular weight excluding hydrogens is 126 g/mol. The lowest BCUT2D eigenvalue weighted by Crippen LogP contribution is -2.29. The van der Waals surface area contributed by atoms with Crippen molar-refractivity contribution in [3.8, 4) is 0 Å². The average Bonchev–Trinajstić information content (AvgIpc) is 1.58. The van der Waals surface area contributed by atoms with Crippen LogP contribution < -0.4 is 5.32 Å². The van der Waals surface area contributed by atoms with Gasteiger partial charge >= 0.3 is 0 Å². The zero-order valence-electron chi connectivity index (χ0n) is 6.90. The SMILES string of the molecule is C=C(C)CC(=O)NC(C)C. The molecular formula is C8H15NO. The Balaban J connectivity index is 3.54. The Morgan fingerprint density at radius 2 is 2.10 bits per heavy atom. The summed E-state index contributed by atoms with van der Waals surface area (Å²) < 4.78 is 0. The van der Waals surface area contributed by atoms with E-state index in [-0.39, 0.29) is 11.9 Å². The first-order chi connectivity index (χ1) is 4.52. The second-order valence-electron chi connectivity index (χ2n) is 2.86. The monoisotopic (exact) mass is 141 g/mol. The molecule has 0 spiro atoms. The minimum absolute atomic E-state index is 0.0579. The van der Waals surface area contributed by atoms with Gasteiger partial charge in [0.1, 0.15) is 0 Å². The van der Waals surface area contributed by atoms with Gasteiger partial charge in [-0.05, 0) is 20.8 Å². The summed E-state index contributed by atoms with van der Waals surface area (Å²) in [6, 6.07) is 0.229. The summed E-state index contributed by atoms with van der Waals surface area (Å²) >= 11 is 0. The molecule has 0 aliphatic heterocycles. The largest absolute Gasteiger partial charge is 0.354 e. The minimum atomic E-state index is 0.0579. The number of amides is 1. The van der Waals surface area contributed by atoms with Crippen LogP contribution in [0.3, 0.4) is 0 Å². The van der Waals surface area contributed by atoms with Crippen molar-refractivity contribution in [3.05, 3.63) is 12.2 Å². The third-order valence-electron chi connectivity index (χ3n) is 0.912. The van der Waals surface area contributed by atoms with Crippen molar-refractivity contribution in [3.63, 3.8) is 0 Å². The van der Waals surface area contributed by atoms with Crippen molar-refractivity contribution in [2.75, 3.05) is 0 Å². The number of nitrogens with one attached hydrogen (secondary N) is 1. The quantitative estimate of drug-likeness (QED) is 0.592. The molecule has 0 bridgehead atoms. The number of rotatable bonds is 3. The fourth-order valence-electron chi connectivity index (χ4n) is 0.647. The Kier molecular flexibility index (Phi) is 3.77. The van der Waals surface area contributed by atoms with Gasteiger partial charge in [0.15, 0.2) is 0 Å². The summed E-state index contributed by atoms with van der Waals surface area (Å²) in [6.07, 6.45) is 0.443. The third kappa shape index (κ3) is 5.35. The van der Waals surface area contributed by atoms with E-state index in [1.165, 1.54) is 0 Å². The average molecular weight is 141 g/mol. The molecule has 0 unspecified atom stereocenters. The molecule has 0 saturated carbocycles. The van der Waals surface area contributed by atoms with E-state index in [1.54, 1.807) is 0 Å². The van der Waals surface area contributed by atoms with Crippen LogP contribution in [0, 0.1) is 0 Å². The van der Waals surface area contributed by atoms with Gasteiger partial charge in [-0.15, -0.1) is 0 Å². The highest BCUT2D eigenvalue weighted by Crippen LogP contribution is 1.94. The Labute approximate surface area is 62.3 Å². The van der Waals surface area contributed by atoms with Crippen LogP contribution in [-0.2, 0) is 4.79 Å². The van der Waals surface area contributed by atoms with Crippen LogP contribution in [0.25, 0.3) is 0 Å². The lowest BCUT2D eigenvalue weighted by molar-refractivity contribution is -0.120. The summed E-state index contributed by atoms with van der Waals surface area (Å²) in [5, 5.41) is 2.77. The van der Waals surface area contributed by atoms with Crippen molar-refractivity contribution in [1.29, 1.82) is 0 Å². The first-order valence-corrected chi connectivity index (χ1v) is 3.46. The predicted octanol–water partition coefficient (Wildman–Crippen LogP) is 1.48. The smallest absolute Gasteiger partial charge is 0.224 e. The molecule has 0 saturated heterocycles. The highest BCUT2D eigenvalue weighted by atomic mass is 16.1. The van der Waals surface area contributed by atoms with Gasteiger partial charge in [0.2, 0.25) is 5.91 Å². The molecule has 0 fully saturated rings. The fraction of sp³-hybridized carbons (Fsp3) is 0.625. The molecule has 0 aromatic heterocycles. The Bertz CT molecular complexity index is 138. The maximum Gasteiger partial charge on any atom is 0.224 e. The molecule has 2 heteroatoms. The van der Waals surface area contributed by atoms with E-state index in [9.17, 15) is 4.79 Å². The first kappa shape index (κ1) is 9.21. The van der Waals surface area contributed by atoms with E-state index >= 15 is 0 Å². The van der Waals surface area contributed by atoms with E-state index < -0.39 is 0 Å². The number of carbonyl (C=O) groups excluding carboxylic acids is 1. The van der Waals surface area contributed by atoms with Crippen molar-refractivity contribution < 1.29 is 4.79 Å². The Morgan fingerprint density at radius 1 is 1.60 bits per heavy atom. The molecule has 58 valence electrons. The van der Waals surface area contributed by atoms with Crippen LogP contribution in [0.1, 0.15) is 27.2 Å². The van der Waals surface area contributed by atoms with Crippen LogP contribution in [0.4, 0.5) is 0 Å². The van der Waals surface area contributed by atoms with E-state index in [0.717, 1.165) is 5.57 Å². The van der Waals surface area contributed by atoms with Crippen LogP contribution in [-0.4, -0.2) is 11.9 Å². The number of hydrogen-bond donors (Lipinski definition) is 1. The van der Waals surface area contributed by atoms with Crippen molar-refractivity contribution in [1.82, 2.24) is 5.32 Å². The molecule has 0 rings (SSSR count). The van der Waals surface area contributed by atoms with Gasteiger partial charge in [-0.1, -0.05) is 12.2 Å². The van der Waals surface area contributed by atoms with Gasteiger partial charge in [-0.2, -0.15) is 0 Å². The topological polar surface area (TPSA) is 29.1 Å². The summed E-state index contributed by atoms with van der Waals surface area (Å²) in [7, 11) is 0. The van der Waals surface area contributed by atoms with Crippen molar-refractivity contribution >= 4 is 5.91 Å². The van der Waals surface area contributed by atoms with Crippen LogP contribution in [0.2, 0.25) is 0 Å². The molecule has 0 aliphatic rings. The van der Waals surface area contributed by atoms with Crippen LogP contribution >= 0.6 is 0 Å². The van der Waals surface area contributed by atoms with Gasteiger partial charge < -0.3 is 5.32 Å². The summed E-state index contributed by atoms with van der Waals surface area (Å²) in [6.45, 7) is 9.37. The van der Waals surface area contributed by atoms with Crippen molar-refractivity contribution in [2.45, 2.75) is 33.2 Å². The van der Waals surface area contributed by atoms with Gasteiger partial charge in [0, 0.05) is 12.5 Å². The molecule has 0 atom stereocenters.